The van der Waals surface area contributed by atoms with Gasteiger partial charge in [0.1, 0.15) is 5.75 Å². The minimum Gasteiger partial charge on any atom is -0.493 e. The van der Waals surface area contributed by atoms with E-state index in [0.29, 0.717) is 0 Å². The van der Waals surface area contributed by atoms with Crippen molar-refractivity contribution >= 4 is 11.6 Å². The molecule has 0 saturated heterocycles. The van der Waals surface area contributed by atoms with Gasteiger partial charge in [0.15, 0.2) is 0 Å². The second-order valence-corrected chi connectivity index (χ2v) is 6.09. The van der Waals surface area contributed by atoms with Gasteiger partial charge >= 0.3 is 0 Å². The minimum atomic E-state index is 0.786. The Kier molecular flexibility index (Phi) is 8.79. The van der Waals surface area contributed by atoms with Gasteiger partial charge in [0, 0.05) is 5.02 Å². The molecular formula is C18H30ClNO. The molecule has 3 heteroatoms. The molecule has 1 aromatic carbocycles. The number of unbranched alkanes of at least 4 members (excludes halogenated alkanes) is 3. The van der Waals surface area contributed by atoms with E-state index in [1.54, 1.807) is 0 Å². The number of hydrogen-bond donors (Lipinski definition) is 0. The molecule has 21 heavy (non-hydrogen) atoms. The summed E-state index contributed by atoms with van der Waals surface area (Å²) in [6.45, 7) is 12.9. The fraction of sp³-hybridized carbons (Fsp3) is 0.667. The molecule has 0 spiro atoms. The maximum absolute atomic E-state index is 6.03. The van der Waals surface area contributed by atoms with Gasteiger partial charge in [-0.2, -0.15) is 0 Å². The lowest BCUT2D eigenvalue weighted by Gasteiger charge is -2.17. The molecule has 0 aliphatic carbocycles. The van der Waals surface area contributed by atoms with Crippen LogP contribution < -0.4 is 4.74 Å². The molecule has 0 amide bonds. The first-order chi connectivity index (χ1) is 10.1. The highest BCUT2D eigenvalue weighted by molar-refractivity contribution is 6.30. The van der Waals surface area contributed by atoms with Crippen LogP contribution in [-0.4, -0.2) is 31.1 Å². The molecule has 0 unspecified atom stereocenters. The molecule has 2 nitrogen and oxygen atoms in total. The van der Waals surface area contributed by atoms with Crippen LogP contribution in [0.2, 0.25) is 5.02 Å². The lowest BCUT2D eigenvalue weighted by atomic mass is 10.1. The van der Waals surface area contributed by atoms with Crippen LogP contribution in [0.1, 0.15) is 50.7 Å². The summed E-state index contributed by atoms with van der Waals surface area (Å²) in [5, 5.41) is 0.786. The highest BCUT2D eigenvalue weighted by Gasteiger charge is 2.05. The maximum atomic E-state index is 6.03. The van der Waals surface area contributed by atoms with Gasteiger partial charge in [0.25, 0.3) is 0 Å². The highest BCUT2D eigenvalue weighted by Crippen LogP contribution is 2.27. The van der Waals surface area contributed by atoms with Gasteiger partial charge in [0.2, 0.25) is 0 Å². The Morgan fingerprint density at radius 2 is 1.52 bits per heavy atom. The standard InChI is InChI=1S/C18H30ClNO/c1-5-20(6-2)11-9-7-8-10-12-21-18-15(3)13-17(19)14-16(18)4/h13-14H,5-12H2,1-4H3. The maximum Gasteiger partial charge on any atom is 0.125 e. The van der Waals surface area contributed by atoms with Crippen molar-refractivity contribution in [1.29, 1.82) is 0 Å². The van der Waals surface area contributed by atoms with Crippen LogP contribution >= 0.6 is 11.6 Å². The van der Waals surface area contributed by atoms with Gasteiger partial charge in [-0.3, -0.25) is 0 Å². The lowest BCUT2D eigenvalue weighted by molar-refractivity contribution is 0.283. The highest BCUT2D eigenvalue weighted by atomic mass is 35.5. The van der Waals surface area contributed by atoms with Crippen LogP contribution in [0, 0.1) is 13.8 Å². The Labute approximate surface area is 135 Å². The average Bonchev–Trinajstić information content (AvgIpc) is 2.44. The number of nitrogens with zero attached hydrogens (tertiary/aromatic N) is 1. The molecule has 1 aromatic rings. The molecule has 0 saturated carbocycles. The molecule has 120 valence electrons. The molecular weight excluding hydrogens is 282 g/mol. The van der Waals surface area contributed by atoms with Crippen molar-refractivity contribution in [2.75, 3.05) is 26.2 Å². The smallest absolute Gasteiger partial charge is 0.125 e. The van der Waals surface area contributed by atoms with E-state index < -0.39 is 0 Å². The van der Waals surface area contributed by atoms with Crippen LogP contribution in [-0.2, 0) is 0 Å². The SMILES string of the molecule is CCN(CC)CCCCCCOc1c(C)cc(Cl)cc1C. The number of halogens is 1. The quantitative estimate of drug-likeness (QED) is 0.548. The number of hydrogen-bond acceptors (Lipinski definition) is 2. The van der Waals surface area contributed by atoms with Gasteiger partial charge in [-0.25, -0.2) is 0 Å². The van der Waals surface area contributed by atoms with Crippen LogP contribution in [0.25, 0.3) is 0 Å². The van der Waals surface area contributed by atoms with Crippen LogP contribution in [0.5, 0.6) is 5.75 Å². The largest absolute Gasteiger partial charge is 0.493 e. The Bertz CT molecular complexity index is 393. The average molecular weight is 312 g/mol. The summed E-state index contributed by atoms with van der Waals surface area (Å²) in [4.78, 5) is 2.48. The first-order valence-electron chi connectivity index (χ1n) is 8.20. The Morgan fingerprint density at radius 1 is 0.952 bits per heavy atom. The van der Waals surface area contributed by atoms with Crippen molar-refractivity contribution in [3.63, 3.8) is 0 Å². The van der Waals surface area contributed by atoms with Crippen LogP contribution in [0.3, 0.4) is 0 Å². The van der Waals surface area contributed by atoms with Gasteiger partial charge in [0.05, 0.1) is 6.61 Å². The zero-order chi connectivity index (χ0) is 15.7. The fourth-order valence-corrected chi connectivity index (χ4v) is 2.96. The summed E-state index contributed by atoms with van der Waals surface area (Å²) in [7, 11) is 0. The van der Waals surface area contributed by atoms with E-state index in [1.165, 1.54) is 25.8 Å². The molecule has 0 N–H and O–H groups in total. The molecule has 0 heterocycles. The monoisotopic (exact) mass is 311 g/mol. The second kappa shape index (κ2) is 10.1. The summed E-state index contributed by atoms with van der Waals surface area (Å²) in [6.07, 6.45) is 4.95. The predicted octanol–water partition coefficient (Wildman–Crippen LogP) is 5.24. The zero-order valence-corrected chi connectivity index (χ0v) is 14.8. The van der Waals surface area contributed by atoms with E-state index in [1.807, 2.05) is 12.1 Å². The zero-order valence-electron chi connectivity index (χ0n) is 14.0. The third kappa shape index (κ3) is 6.71. The fourth-order valence-electron chi connectivity index (χ4n) is 2.63. The predicted molar refractivity (Wildman–Crippen MR) is 92.7 cm³/mol. The van der Waals surface area contributed by atoms with Crippen LogP contribution in [0.4, 0.5) is 0 Å². The van der Waals surface area contributed by atoms with Gasteiger partial charge in [-0.05, 0) is 69.6 Å². The summed E-state index contributed by atoms with van der Waals surface area (Å²) in [6, 6.07) is 3.93. The minimum absolute atomic E-state index is 0.786. The third-order valence-electron chi connectivity index (χ3n) is 3.93. The van der Waals surface area contributed by atoms with Gasteiger partial charge in [-0.1, -0.05) is 38.3 Å². The molecule has 0 aliphatic rings. The lowest BCUT2D eigenvalue weighted by Crippen LogP contribution is -2.23. The molecule has 1 rings (SSSR count). The summed E-state index contributed by atoms with van der Waals surface area (Å²) in [5.74, 6) is 1.00. The van der Waals surface area contributed by atoms with E-state index in [-0.39, 0.29) is 0 Å². The van der Waals surface area contributed by atoms with Gasteiger partial charge < -0.3 is 9.64 Å². The van der Waals surface area contributed by atoms with Crippen molar-refractivity contribution < 1.29 is 4.74 Å². The molecule has 0 fully saturated rings. The Morgan fingerprint density at radius 3 is 2.10 bits per heavy atom. The number of rotatable bonds is 10. The van der Waals surface area contributed by atoms with Crippen LogP contribution in [0.15, 0.2) is 12.1 Å². The first kappa shape index (κ1) is 18.3. The second-order valence-electron chi connectivity index (χ2n) is 5.66. The topological polar surface area (TPSA) is 12.5 Å². The number of ether oxygens (including phenoxy) is 1. The van der Waals surface area contributed by atoms with E-state index in [9.17, 15) is 0 Å². The summed E-state index contributed by atoms with van der Waals surface area (Å²) >= 11 is 6.03. The first-order valence-corrected chi connectivity index (χ1v) is 8.58. The summed E-state index contributed by atoms with van der Waals surface area (Å²) in [5.41, 5.74) is 2.25. The number of benzene rings is 1. The molecule has 0 aliphatic heterocycles. The number of aryl methyl sites for hydroxylation is 2. The van der Waals surface area contributed by atoms with Gasteiger partial charge in [-0.15, -0.1) is 0 Å². The van der Waals surface area contributed by atoms with E-state index in [2.05, 4.69) is 32.6 Å². The van der Waals surface area contributed by atoms with E-state index >= 15 is 0 Å². The van der Waals surface area contributed by atoms with Crippen molar-refractivity contribution in [2.45, 2.75) is 53.4 Å². The Balaban J connectivity index is 2.18. The normalized spacial score (nSPS) is 11.1. The summed E-state index contributed by atoms with van der Waals surface area (Å²) < 4.78 is 5.92. The van der Waals surface area contributed by atoms with Crippen molar-refractivity contribution in [1.82, 2.24) is 4.90 Å². The molecule has 0 aromatic heterocycles. The van der Waals surface area contributed by atoms with Crippen molar-refractivity contribution in [3.8, 4) is 5.75 Å². The molecule has 0 bridgehead atoms. The Hall–Kier alpha value is -0.730. The van der Waals surface area contributed by atoms with Crippen molar-refractivity contribution in [2.24, 2.45) is 0 Å². The third-order valence-corrected chi connectivity index (χ3v) is 4.15. The molecule has 0 atom stereocenters. The van der Waals surface area contributed by atoms with Crippen molar-refractivity contribution in [3.05, 3.63) is 28.3 Å². The van der Waals surface area contributed by atoms with E-state index in [4.69, 9.17) is 16.3 Å². The molecule has 0 radical (unpaired) electrons. The van der Waals surface area contributed by atoms with E-state index in [0.717, 1.165) is 48.0 Å².